The molecule has 2 aromatic carbocycles. The van der Waals surface area contributed by atoms with E-state index in [9.17, 15) is 4.79 Å². The van der Waals surface area contributed by atoms with Crippen LogP contribution in [0.3, 0.4) is 0 Å². The fraction of sp³-hybridized carbons (Fsp3) is 0.190. The Morgan fingerprint density at radius 1 is 1.11 bits per heavy atom. The van der Waals surface area contributed by atoms with Crippen molar-refractivity contribution in [3.8, 4) is 11.6 Å². The molecule has 0 unspecified atom stereocenters. The van der Waals surface area contributed by atoms with E-state index in [1.54, 1.807) is 0 Å². The van der Waals surface area contributed by atoms with Crippen LogP contribution in [-0.4, -0.2) is 26.4 Å². The Kier molecular flexibility index (Phi) is 5.16. The van der Waals surface area contributed by atoms with Crippen molar-refractivity contribution in [2.75, 3.05) is 11.1 Å². The Bertz CT molecular complexity index is 1070. The van der Waals surface area contributed by atoms with Crippen LogP contribution in [0.1, 0.15) is 19.9 Å². The maximum atomic E-state index is 12.3. The lowest BCUT2D eigenvalue weighted by atomic mass is 10.2. The van der Waals surface area contributed by atoms with Gasteiger partial charge in [-0.05, 0) is 38.1 Å². The normalized spacial score (nSPS) is 11.2. The summed E-state index contributed by atoms with van der Waals surface area (Å²) >= 11 is 1.36. The molecule has 2 heterocycles. The Morgan fingerprint density at radius 2 is 1.86 bits per heavy atom. The van der Waals surface area contributed by atoms with E-state index in [0.717, 1.165) is 16.7 Å². The van der Waals surface area contributed by atoms with Gasteiger partial charge in [0.1, 0.15) is 5.58 Å². The number of benzene rings is 2. The predicted molar refractivity (Wildman–Crippen MR) is 111 cm³/mol. The summed E-state index contributed by atoms with van der Waals surface area (Å²) in [6, 6.07) is 19.3. The molecule has 0 fully saturated rings. The zero-order chi connectivity index (χ0) is 19.5. The number of anilines is 1. The molecule has 0 aliphatic carbocycles. The van der Waals surface area contributed by atoms with Crippen molar-refractivity contribution in [1.29, 1.82) is 0 Å². The number of hydrogen-bond donors (Lipinski definition) is 1. The van der Waals surface area contributed by atoms with E-state index in [1.165, 1.54) is 11.8 Å². The predicted octanol–water partition coefficient (Wildman–Crippen LogP) is 5.00. The van der Waals surface area contributed by atoms with E-state index in [4.69, 9.17) is 4.42 Å². The van der Waals surface area contributed by atoms with Gasteiger partial charge in [-0.2, -0.15) is 0 Å². The van der Waals surface area contributed by atoms with Crippen molar-refractivity contribution in [2.45, 2.75) is 25.0 Å². The molecule has 0 bridgehead atoms. The summed E-state index contributed by atoms with van der Waals surface area (Å²) < 4.78 is 7.95. The molecule has 0 aliphatic rings. The number of furan rings is 1. The molecule has 28 heavy (non-hydrogen) atoms. The molecule has 4 aromatic rings. The highest BCUT2D eigenvalue weighted by atomic mass is 32.2. The summed E-state index contributed by atoms with van der Waals surface area (Å²) in [7, 11) is 0. The number of rotatable bonds is 6. The SMILES string of the molecule is CC(C)n1c(SCC(=O)Nc2ccccc2)nnc1-c1cc2ccccc2o1. The number of amides is 1. The van der Waals surface area contributed by atoms with Crippen molar-refractivity contribution in [2.24, 2.45) is 0 Å². The summed E-state index contributed by atoms with van der Waals surface area (Å²) in [6.07, 6.45) is 0. The van der Waals surface area contributed by atoms with Crippen LogP contribution in [0.2, 0.25) is 0 Å². The monoisotopic (exact) mass is 392 g/mol. The number of carbonyl (C=O) groups excluding carboxylic acids is 1. The average Bonchev–Trinajstić information content (AvgIpc) is 3.31. The van der Waals surface area contributed by atoms with E-state index in [0.29, 0.717) is 16.7 Å². The first-order valence-corrected chi connectivity index (χ1v) is 10.0. The standard InChI is InChI=1S/C21H20N4O2S/c1-14(2)25-20(18-12-15-8-6-7-11-17(15)27-18)23-24-21(25)28-13-19(26)22-16-9-4-3-5-10-16/h3-12,14H,13H2,1-2H3,(H,22,26). The van der Waals surface area contributed by atoms with E-state index in [-0.39, 0.29) is 17.7 Å². The Balaban J connectivity index is 1.54. The number of hydrogen-bond acceptors (Lipinski definition) is 5. The van der Waals surface area contributed by atoms with Crippen LogP contribution in [0.4, 0.5) is 5.69 Å². The zero-order valence-electron chi connectivity index (χ0n) is 15.6. The average molecular weight is 392 g/mol. The van der Waals surface area contributed by atoms with Crippen LogP contribution in [0, 0.1) is 0 Å². The minimum absolute atomic E-state index is 0.0835. The molecular formula is C21H20N4O2S. The minimum atomic E-state index is -0.0835. The molecule has 7 heteroatoms. The molecule has 2 aromatic heterocycles. The lowest BCUT2D eigenvalue weighted by Crippen LogP contribution is -2.14. The molecule has 0 spiro atoms. The van der Waals surface area contributed by atoms with E-state index >= 15 is 0 Å². The van der Waals surface area contributed by atoms with Gasteiger partial charge in [0.05, 0.1) is 5.75 Å². The van der Waals surface area contributed by atoms with Gasteiger partial charge in [-0.3, -0.25) is 9.36 Å². The quantitative estimate of drug-likeness (QED) is 0.467. The van der Waals surface area contributed by atoms with E-state index < -0.39 is 0 Å². The first-order valence-electron chi connectivity index (χ1n) is 9.03. The number of aromatic nitrogens is 3. The highest BCUT2D eigenvalue weighted by Crippen LogP contribution is 2.31. The van der Waals surface area contributed by atoms with Gasteiger partial charge in [0.2, 0.25) is 11.7 Å². The van der Waals surface area contributed by atoms with Gasteiger partial charge in [0.25, 0.3) is 0 Å². The highest BCUT2D eigenvalue weighted by Gasteiger charge is 2.20. The third kappa shape index (κ3) is 3.80. The van der Waals surface area contributed by atoms with Crippen molar-refractivity contribution < 1.29 is 9.21 Å². The van der Waals surface area contributed by atoms with Crippen molar-refractivity contribution in [3.05, 3.63) is 60.7 Å². The second-order valence-corrected chi connectivity index (χ2v) is 7.56. The Labute approximate surface area is 167 Å². The first kappa shape index (κ1) is 18.3. The largest absolute Gasteiger partial charge is 0.453 e. The Hall–Kier alpha value is -3.06. The van der Waals surface area contributed by atoms with Crippen LogP contribution < -0.4 is 5.32 Å². The smallest absolute Gasteiger partial charge is 0.234 e. The molecule has 0 saturated heterocycles. The van der Waals surface area contributed by atoms with Crippen molar-refractivity contribution in [3.63, 3.8) is 0 Å². The lowest BCUT2D eigenvalue weighted by Gasteiger charge is -2.12. The summed E-state index contributed by atoms with van der Waals surface area (Å²) in [4.78, 5) is 12.3. The third-order valence-electron chi connectivity index (χ3n) is 4.22. The van der Waals surface area contributed by atoms with Gasteiger partial charge < -0.3 is 9.73 Å². The molecule has 142 valence electrons. The molecule has 0 saturated carbocycles. The molecule has 1 N–H and O–H groups in total. The summed E-state index contributed by atoms with van der Waals surface area (Å²) in [6.45, 7) is 4.12. The fourth-order valence-corrected chi connectivity index (χ4v) is 3.82. The minimum Gasteiger partial charge on any atom is -0.453 e. The van der Waals surface area contributed by atoms with Gasteiger partial charge in [-0.15, -0.1) is 10.2 Å². The fourth-order valence-electron chi connectivity index (χ4n) is 2.95. The van der Waals surface area contributed by atoms with Crippen molar-refractivity contribution in [1.82, 2.24) is 14.8 Å². The van der Waals surface area contributed by atoms with Gasteiger partial charge in [-0.25, -0.2) is 0 Å². The van der Waals surface area contributed by atoms with E-state index in [2.05, 4.69) is 29.4 Å². The molecule has 0 atom stereocenters. The summed E-state index contributed by atoms with van der Waals surface area (Å²) in [5.41, 5.74) is 1.59. The third-order valence-corrected chi connectivity index (χ3v) is 5.16. The van der Waals surface area contributed by atoms with Crippen LogP contribution in [-0.2, 0) is 4.79 Å². The molecular weight excluding hydrogens is 372 g/mol. The summed E-state index contributed by atoms with van der Waals surface area (Å²) in [5.74, 6) is 1.50. The maximum absolute atomic E-state index is 12.3. The van der Waals surface area contributed by atoms with Gasteiger partial charge in [0, 0.05) is 17.1 Å². The zero-order valence-corrected chi connectivity index (χ0v) is 16.4. The number of fused-ring (bicyclic) bond motifs is 1. The summed E-state index contributed by atoms with van der Waals surface area (Å²) in [5, 5.41) is 13.2. The maximum Gasteiger partial charge on any atom is 0.234 e. The number of nitrogens with zero attached hydrogens (tertiary/aromatic N) is 3. The molecule has 6 nitrogen and oxygen atoms in total. The number of para-hydroxylation sites is 2. The molecule has 0 radical (unpaired) electrons. The molecule has 1 amide bonds. The van der Waals surface area contributed by atoms with Gasteiger partial charge in [0.15, 0.2) is 10.9 Å². The van der Waals surface area contributed by atoms with Gasteiger partial charge >= 0.3 is 0 Å². The Morgan fingerprint density at radius 3 is 2.61 bits per heavy atom. The van der Waals surface area contributed by atoms with Gasteiger partial charge in [-0.1, -0.05) is 48.2 Å². The second kappa shape index (κ2) is 7.90. The number of nitrogens with one attached hydrogen (secondary N) is 1. The topological polar surface area (TPSA) is 73.0 Å². The van der Waals surface area contributed by atoms with Crippen LogP contribution in [0.15, 0.2) is 70.2 Å². The highest BCUT2D eigenvalue weighted by molar-refractivity contribution is 7.99. The second-order valence-electron chi connectivity index (χ2n) is 6.62. The molecule has 0 aliphatic heterocycles. The first-order chi connectivity index (χ1) is 13.6. The van der Waals surface area contributed by atoms with Crippen LogP contribution in [0.25, 0.3) is 22.6 Å². The van der Waals surface area contributed by atoms with Crippen LogP contribution >= 0.6 is 11.8 Å². The number of carbonyl (C=O) groups is 1. The van der Waals surface area contributed by atoms with Crippen molar-refractivity contribution >= 4 is 34.3 Å². The van der Waals surface area contributed by atoms with E-state index in [1.807, 2.05) is 65.2 Å². The number of thioether (sulfide) groups is 1. The lowest BCUT2D eigenvalue weighted by molar-refractivity contribution is -0.113. The van der Waals surface area contributed by atoms with Crippen LogP contribution in [0.5, 0.6) is 0 Å². The molecule has 4 rings (SSSR count).